The van der Waals surface area contributed by atoms with Crippen LogP contribution < -0.4 is 4.90 Å². The van der Waals surface area contributed by atoms with Crippen LogP contribution in [-0.4, -0.2) is 29.7 Å². The Kier molecular flexibility index (Phi) is 3.19. The Hall–Kier alpha value is -1.94. The number of hydrogen-bond acceptors (Lipinski definition) is 4. The number of hydrogen-bond donors (Lipinski definition) is 0. The minimum Gasteiger partial charge on any atom is -0.370 e. The van der Waals surface area contributed by atoms with Crippen LogP contribution in [0.5, 0.6) is 0 Å². The topological polar surface area (TPSA) is 38.2 Å². The molecule has 1 aromatic heterocycles. The Balaban J connectivity index is 1.77. The van der Waals surface area contributed by atoms with Crippen molar-refractivity contribution in [2.75, 3.05) is 24.6 Å². The second kappa shape index (κ2) is 5.14. The predicted octanol–water partition coefficient (Wildman–Crippen LogP) is 2.05. The molecule has 1 atom stereocenters. The molecule has 4 heteroatoms. The van der Waals surface area contributed by atoms with Crippen molar-refractivity contribution in [3.63, 3.8) is 0 Å². The summed E-state index contributed by atoms with van der Waals surface area (Å²) in [6.45, 7) is 2.35. The third-order valence-electron chi connectivity index (χ3n) is 3.07. The molecule has 0 unspecified atom stereocenters. The zero-order chi connectivity index (χ0) is 12.2. The minimum absolute atomic E-state index is 0.101. The van der Waals surface area contributed by atoms with Crippen molar-refractivity contribution >= 4 is 5.95 Å². The Labute approximate surface area is 106 Å². The third kappa shape index (κ3) is 2.33. The molecular weight excluding hydrogens is 226 g/mol. The summed E-state index contributed by atoms with van der Waals surface area (Å²) >= 11 is 0. The van der Waals surface area contributed by atoms with Gasteiger partial charge in [-0.25, -0.2) is 9.97 Å². The van der Waals surface area contributed by atoms with Crippen molar-refractivity contribution in [2.24, 2.45) is 0 Å². The summed E-state index contributed by atoms with van der Waals surface area (Å²) < 4.78 is 5.82. The van der Waals surface area contributed by atoms with Crippen molar-refractivity contribution in [3.05, 3.63) is 54.4 Å². The van der Waals surface area contributed by atoms with Gasteiger partial charge < -0.3 is 9.64 Å². The molecule has 2 heterocycles. The average molecular weight is 241 g/mol. The van der Waals surface area contributed by atoms with Crippen molar-refractivity contribution in [1.82, 2.24) is 9.97 Å². The summed E-state index contributed by atoms with van der Waals surface area (Å²) in [5.41, 5.74) is 1.21. The van der Waals surface area contributed by atoms with E-state index < -0.39 is 0 Å². The van der Waals surface area contributed by atoms with Gasteiger partial charge >= 0.3 is 0 Å². The lowest BCUT2D eigenvalue weighted by Crippen LogP contribution is -2.39. The number of morpholine rings is 1. The van der Waals surface area contributed by atoms with Gasteiger partial charge in [0, 0.05) is 18.9 Å². The van der Waals surface area contributed by atoms with Crippen LogP contribution in [0, 0.1) is 0 Å². The quantitative estimate of drug-likeness (QED) is 0.806. The van der Waals surface area contributed by atoms with Crippen molar-refractivity contribution < 1.29 is 4.74 Å². The summed E-state index contributed by atoms with van der Waals surface area (Å²) in [5, 5.41) is 0. The highest BCUT2D eigenvalue weighted by Crippen LogP contribution is 2.23. The Bertz CT molecular complexity index is 443. The summed E-state index contributed by atoms with van der Waals surface area (Å²) in [6, 6.07) is 12.1. The highest BCUT2D eigenvalue weighted by Gasteiger charge is 2.23. The van der Waals surface area contributed by atoms with Crippen LogP contribution in [0.2, 0.25) is 0 Å². The summed E-state index contributed by atoms with van der Waals surface area (Å²) in [7, 11) is 0. The molecule has 1 aliphatic heterocycles. The first-order valence-electron chi connectivity index (χ1n) is 6.12. The first-order valence-corrected chi connectivity index (χ1v) is 6.12. The van der Waals surface area contributed by atoms with Crippen LogP contribution in [0.1, 0.15) is 11.7 Å². The van der Waals surface area contributed by atoms with E-state index in [-0.39, 0.29) is 6.10 Å². The van der Waals surface area contributed by atoms with Gasteiger partial charge in [0.15, 0.2) is 0 Å². The molecule has 0 spiro atoms. The van der Waals surface area contributed by atoms with Gasteiger partial charge in [0.2, 0.25) is 5.95 Å². The van der Waals surface area contributed by atoms with E-state index in [0.29, 0.717) is 6.61 Å². The maximum atomic E-state index is 5.82. The lowest BCUT2D eigenvalue weighted by molar-refractivity contribution is 0.0392. The number of benzene rings is 1. The lowest BCUT2D eigenvalue weighted by Gasteiger charge is -2.33. The van der Waals surface area contributed by atoms with Crippen LogP contribution in [-0.2, 0) is 4.74 Å². The minimum atomic E-state index is 0.101. The maximum Gasteiger partial charge on any atom is 0.225 e. The first-order chi connectivity index (χ1) is 8.93. The molecule has 92 valence electrons. The van der Waals surface area contributed by atoms with Gasteiger partial charge in [0.05, 0.1) is 13.2 Å². The van der Waals surface area contributed by atoms with E-state index in [1.165, 1.54) is 5.56 Å². The Morgan fingerprint density at radius 3 is 2.61 bits per heavy atom. The fourth-order valence-electron chi connectivity index (χ4n) is 2.15. The molecule has 0 bridgehead atoms. The number of nitrogens with zero attached hydrogens (tertiary/aromatic N) is 3. The second-order valence-electron chi connectivity index (χ2n) is 4.26. The van der Waals surface area contributed by atoms with Gasteiger partial charge in [-0.2, -0.15) is 0 Å². The molecule has 0 aliphatic carbocycles. The van der Waals surface area contributed by atoms with Gasteiger partial charge in [-0.3, -0.25) is 0 Å². The fraction of sp³-hybridized carbons (Fsp3) is 0.286. The average Bonchev–Trinajstić information content (AvgIpc) is 2.49. The maximum absolute atomic E-state index is 5.82. The molecule has 0 radical (unpaired) electrons. The second-order valence-corrected chi connectivity index (χ2v) is 4.26. The first kappa shape index (κ1) is 11.2. The molecule has 0 N–H and O–H groups in total. The normalized spacial score (nSPS) is 19.8. The van der Waals surface area contributed by atoms with E-state index in [1.54, 1.807) is 12.4 Å². The van der Waals surface area contributed by atoms with Gasteiger partial charge in [0.25, 0.3) is 0 Å². The Morgan fingerprint density at radius 1 is 1.06 bits per heavy atom. The van der Waals surface area contributed by atoms with Crippen LogP contribution >= 0.6 is 0 Å². The van der Waals surface area contributed by atoms with Crippen molar-refractivity contribution in [1.29, 1.82) is 0 Å². The molecule has 1 fully saturated rings. The molecule has 1 saturated heterocycles. The highest BCUT2D eigenvalue weighted by atomic mass is 16.5. The predicted molar refractivity (Wildman–Crippen MR) is 69.4 cm³/mol. The van der Waals surface area contributed by atoms with Gasteiger partial charge in [-0.1, -0.05) is 30.3 Å². The highest BCUT2D eigenvalue weighted by molar-refractivity contribution is 5.31. The van der Waals surface area contributed by atoms with E-state index >= 15 is 0 Å². The summed E-state index contributed by atoms with van der Waals surface area (Å²) in [6.07, 6.45) is 3.65. The Morgan fingerprint density at radius 2 is 1.83 bits per heavy atom. The molecule has 4 nitrogen and oxygen atoms in total. The lowest BCUT2D eigenvalue weighted by atomic mass is 10.1. The van der Waals surface area contributed by atoms with Gasteiger partial charge in [-0.15, -0.1) is 0 Å². The van der Waals surface area contributed by atoms with Crippen LogP contribution in [0.25, 0.3) is 0 Å². The summed E-state index contributed by atoms with van der Waals surface area (Å²) in [4.78, 5) is 10.7. The van der Waals surface area contributed by atoms with E-state index in [0.717, 1.165) is 19.0 Å². The standard InChI is InChI=1S/C14H15N3O/c1-2-5-12(6-3-1)13-11-17(9-10-18-13)14-15-7-4-8-16-14/h1-8,13H,9-11H2/t13-/m0/s1. The molecule has 18 heavy (non-hydrogen) atoms. The van der Waals surface area contributed by atoms with E-state index in [4.69, 9.17) is 4.74 Å². The van der Waals surface area contributed by atoms with Crippen molar-refractivity contribution in [2.45, 2.75) is 6.10 Å². The molecule has 0 saturated carbocycles. The van der Waals surface area contributed by atoms with Crippen LogP contribution in [0.3, 0.4) is 0 Å². The molecular formula is C14H15N3O. The molecule has 1 aliphatic rings. The van der Waals surface area contributed by atoms with E-state index in [1.807, 2.05) is 24.3 Å². The molecule has 2 aromatic rings. The van der Waals surface area contributed by atoms with Gasteiger partial charge in [0.1, 0.15) is 6.10 Å². The van der Waals surface area contributed by atoms with Crippen molar-refractivity contribution in [3.8, 4) is 0 Å². The number of aromatic nitrogens is 2. The number of rotatable bonds is 2. The van der Waals surface area contributed by atoms with Crippen LogP contribution in [0.15, 0.2) is 48.8 Å². The summed E-state index contributed by atoms with van der Waals surface area (Å²) in [5.74, 6) is 0.779. The monoisotopic (exact) mass is 241 g/mol. The molecule has 3 rings (SSSR count). The smallest absolute Gasteiger partial charge is 0.225 e. The van der Waals surface area contributed by atoms with E-state index in [2.05, 4.69) is 27.0 Å². The molecule has 0 amide bonds. The zero-order valence-electron chi connectivity index (χ0n) is 10.1. The third-order valence-corrected chi connectivity index (χ3v) is 3.07. The number of anilines is 1. The van der Waals surface area contributed by atoms with E-state index in [9.17, 15) is 0 Å². The molecule has 1 aromatic carbocycles. The largest absolute Gasteiger partial charge is 0.370 e. The SMILES string of the molecule is c1ccc([C@@H]2CN(c3ncccn3)CCO2)cc1. The van der Waals surface area contributed by atoms with Gasteiger partial charge in [-0.05, 0) is 11.6 Å². The number of ether oxygens (including phenoxy) is 1. The van der Waals surface area contributed by atoms with Crippen LogP contribution in [0.4, 0.5) is 5.95 Å². The zero-order valence-corrected chi connectivity index (χ0v) is 10.1. The fourth-order valence-corrected chi connectivity index (χ4v) is 2.15.